The summed E-state index contributed by atoms with van der Waals surface area (Å²) in [5.74, 6) is 0.911. The number of piperazine rings is 1. The van der Waals surface area contributed by atoms with Crippen LogP contribution in [0.4, 0.5) is 0 Å². The molecule has 0 radical (unpaired) electrons. The maximum absolute atomic E-state index is 5.80. The SMILES string of the molecule is CCN1CCN(CCOc2ccc(CC(N)=S)cc2)CC1. The summed E-state index contributed by atoms with van der Waals surface area (Å²) in [6.45, 7) is 9.73. The van der Waals surface area contributed by atoms with E-state index in [4.69, 9.17) is 22.7 Å². The van der Waals surface area contributed by atoms with E-state index in [-0.39, 0.29) is 0 Å². The molecule has 0 spiro atoms. The fraction of sp³-hybridized carbons (Fsp3) is 0.562. The average Bonchev–Trinajstić information content (AvgIpc) is 2.49. The Labute approximate surface area is 132 Å². The molecule has 1 aromatic carbocycles. The molecule has 1 aliphatic rings. The minimum atomic E-state index is 0.523. The fourth-order valence-corrected chi connectivity index (χ4v) is 2.69. The highest BCUT2D eigenvalue weighted by atomic mass is 32.1. The smallest absolute Gasteiger partial charge is 0.119 e. The van der Waals surface area contributed by atoms with Gasteiger partial charge in [-0.2, -0.15) is 0 Å². The van der Waals surface area contributed by atoms with Gasteiger partial charge in [-0.25, -0.2) is 0 Å². The minimum absolute atomic E-state index is 0.523. The summed E-state index contributed by atoms with van der Waals surface area (Å²) in [4.78, 5) is 5.47. The first-order chi connectivity index (χ1) is 10.2. The van der Waals surface area contributed by atoms with Crippen molar-refractivity contribution < 1.29 is 4.74 Å². The second-order valence-electron chi connectivity index (χ2n) is 5.41. The molecular weight excluding hydrogens is 282 g/mol. The molecule has 116 valence electrons. The monoisotopic (exact) mass is 307 g/mol. The van der Waals surface area contributed by atoms with Crippen molar-refractivity contribution in [3.05, 3.63) is 29.8 Å². The molecule has 1 heterocycles. The maximum Gasteiger partial charge on any atom is 0.119 e. The van der Waals surface area contributed by atoms with Gasteiger partial charge in [-0.15, -0.1) is 0 Å². The number of nitrogens with two attached hydrogens (primary N) is 1. The van der Waals surface area contributed by atoms with Gasteiger partial charge in [0, 0.05) is 39.1 Å². The summed E-state index contributed by atoms with van der Waals surface area (Å²) in [6, 6.07) is 8.02. The molecule has 0 saturated carbocycles. The number of hydrogen-bond donors (Lipinski definition) is 1. The van der Waals surface area contributed by atoms with Crippen molar-refractivity contribution in [1.29, 1.82) is 0 Å². The van der Waals surface area contributed by atoms with Gasteiger partial charge in [-0.05, 0) is 24.2 Å². The van der Waals surface area contributed by atoms with Crippen LogP contribution in [-0.2, 0) is 6.42 Å². The number of hydrogen-bond acceptors (Lipinski definition) is 4. The largest absolute Gasteiger partial charge is 0.492 e. The number of benzene rings is 1. The van der Waals surface area contributed by atoms with E-state index < -0.39 is 0 Å². The van der Waals surface area contributed by atoms with Gasteiger partial charge < -0.3 is 15.4 Å². The number of nitrogens with zero attached hydrogens (tertiary/aromatic N) is 2. The molecule has 0 aromatic heterocycles. The number of rotatable bonds is 7. The van der Waals surface area contributed by atoms with E-state index >= 15 is 0 Å². The molecule has 0 atom stereocenters. The molecule has 0 amide bonds. The molecule has 2 N–H and O–H groups in total. The summed E-state index contributed by atoms with van der Waals surface area (Å²) in [6.07, 6.45) is 0.650. The van der Waals surface area contributed by atoms with Crippen LogP contribution in [0.1, 0.15) is 12.5 Å². The van der Waals surface area contributed by atoms with Crippen LogP contribution in [0.15, 0.2) is 24.3 Å². The van der Waals surface area contributed by atoms with Gasteiger partial charge in [0.15, 0.2) is 0 Å². The lowest BCUT2D eigenvalue weighted by molar-refractivity contribution is 0.121. The summed E-state index contributed by atoms with van der Waals surface area (Å²) in [5, 5.41) is 0. The second-order valence-corrected chi connectivity index (χ2v) is 5.94. The first-order valence-electron chi connectivity index (χ1n) is 7.62. The lowest BCUT2D eigenvalue weighted by Gasteiger charge is -2.33. The van der Waals surface area contributed by atoms with Crippen LogP contribution >= 0.6 is 12.2 Å². The Morgan fingerprint density at radius 2 is 1.76 bits per heavy atom. The Morgan fingerprint density at radius 1 is 1.14 bits per heavy atom. The zero-order valence-corrected chi connectivity index (χ0v) is 13.6. The summed E-state index contributed by atoms with van der Waals surface area (Å²) in [7, 11) is 0. The summed E-state index contributed by atoms with van der Waals surface area (Å²) >= 11 is 4.91. The highest BCUT2D eigenvalue weighted by Crippen LogP contribution is 2.13. The van der Waals surface area contributed by atoms with Crippen LogP contribution in [0, 0.1) is 0 Å². The van der Waals surface area contributed by atoms with Crippen molar-refractivity contribution in [2.45, 2.75) is 13.3 Å². The predicted octanol–water partition coefficient (Wildman–Crippen LogP) is 1.53. The molecule has 1 fully saturated rings. The highest BCUT2D eigenvalue weighted by Gasteiger charge is 2.14. The Hall–Kier alpha value is -1.17. The average molecular weight is 307 g/mol. The summed E-state index contributed by atoms with van der Waals surface area (Å²) in [5.41, 5.74) is 6.67. The van der Waals surface area contributed by atoms with Gasteiger partial charge in [0.25, 0.3) is 0 Å². The quantitative estimate of drug-likeness (QED) is 0.774. The third-order valence-corrected chi connectivity index (χ3v) is 4.03. The van der Waals surface area contributed by atoms with E-state index in [0.717, 1.165) is 44.1 Å². The van der Waals surface area contributed by atoms with Crippen LogP contribution in [0.2, 0.25) is 0 Å². The summed E-state index contributed by atoms with van der Waals surface area (Å²) < 4.78 is 5.80. The van der Waals surface area contributed by atoms with Gasteiger partial charge in [-0.3, -0.25) is 4.90 Å². The molecule has 0 unspecified atom stereocenters. The molecule has 1 saturated heterocycles. The van der Waals surface area contributed by atoms with Crippen LogP contribution in [0.5, 0.6) is 5.75 Å². The molecule has 1 aromatic rings. The standard InChI is InChI=1S/C16H25N3OS/c1-2-18-7-9-19(10-8-18)11-12-20-15-5-3-14(4-6-15)13-16(17)21/h3-6H,2,7-13H2,1H3,(H2,17,21). The Balaban J connectivity index is 1.68. The van der Waals surface area contributed by atoms with Crippen LogP contribution in [0.25, 0.3) is 0 Å². The van der Waals surface area contributed by atoms with Crippen molar-refractivity contribution in [3.63, 3.8) is 0 Å². The molecule has 2 rings (SSSR count). The third-order valence-electron chi connectivity index (χ3n) is 3.89. The van der Waals surface area contributed by atoms with E-state index in [9.17, 15) is 0 Å². The zero-order valence-electron chi connectivity index (χ0n) is 12.8. The topological polar surface area (TPSA) is 41.7 Å². The van der Waals surface area contributed by atoms with E-state index in [1.165, 1.54) is 13.1 Å². The van der Waals surface area contributed by atoms with Crippen molar-refractivity contribution >= 4 is 17.2 Å². The van der Waals surface area contributed by atoms with E-state index in [0.29, 0.717) is 11.4 Å². The normalized spacial score (nSPS) is 16.8. The third kappa shape index (κ3) is 5.61. The second kappa shape index (κ2) is 8.32. The number of likely N-dealkylation sites (N-methyl/N-ethyl adjacent to an activating group) is 1. The predicted molar refractivity (Wildman–Crippen MR) is 91.0 cm³/mol. The molecule has 0 bridgehead atoms. The first-order valence-corrected chi connectivity index (χ1v) is 8.03. The van der Waals surface area contributed by atoms with Gasteiger partial charge in [-0.1, -0.05) is 31.3 Å². The Bertz CT molecular complexity index is 441. The lowest BCUT2D eigenvalue weighted by atomic mass is 10.1. The van der Waals surface area contributed by atoms with Crippen molar-refractivity contribution in [2.75, 3.05) is 45.9 Å². The maximum atomic E-state index is 5.80. The van der Waals surface area contributed by atoms with Crippen molar-refractivity contribution in [1.82, 2.24) is 9.80 Å². The lowest BCUT2D eigenvalue weighted by Crippen LogP contribution is -2.47. The first kappa shape index (κ1) is 16.2. The molecule has 21 heavy (non-hydrogen) atoms. The molecule has 5 heteroatoms. The van der Waals surface area contributed by atoms with Gasteiger partial charge >= 0.3 is 0 Å². The van der Waals surface area contributed by atoms with E-state index in [1.54, 1.807) is 0 Å². The van der Waals surface area contributed by atoms with E-state index in [2.05, 4.69) is 16.7 Å². The van der Waals surface area contributed by atoms with Crippen LogP contribution in [-0.4, -0.2) is 60.7 Å². The minimum Gasteiger partial charge on any atom is -0.492 e. The Kier molecular flexibility index (Phi) is 6.42. The van der Waals surface area contributed by atoms with Gasteiger partial charge in [0.05, 0.1) is 4.99 Å². The highest BCUT2D eigenvalue weighted by molar-refractivity contribution is 7.80. The molecular formula is C16H25N3OS. The Morgan fingerprint density at radius 3 is 2.33 bits per heavy atom. The van der Waals surface area contributed by atoms with Gasteiger partial charge in [0.2, 0.25) is 0 Å². The van der Waals surface area contributed by atoms with Crippen molar-refractivity contribution in [3.8, 4) is 5.75 Å². The zero-order chi connectivity index (χ0) is 15.1. The molecule has 4 nitrogen and oxygen atoms in total. The molecule has 0 aliphatic carbocycles. The molecule has 1 aliphatic heterocycles. The van der Waals surface area contributed by atoms with Crippen molar-refractivity contribution in [2.24, 2.45) is 5.73 Å². The van der Waals surface area contributed by atoms with Crippen LogP contribution in [0.3, 0.4) is 0 Å². The fourth-order valence-electron chi connectivity index (χ4n) is 2.53. The number of ether oxygens (including phenoxy) is 1. The number of thiocarbonyl (C=S) groups is 1. The van der Waals surface area contributed by atoms with E-state index in [1.807, 2.05) is 24.3 Å². The van der Waals surface area contributed by atoms with Gasteiger partial charge in [0.1, 0.15) is 12.4 Å². The van der Waals surface area contributed by atoms with Crippen LogP contribution < -0.4 is 10.5 Å².